The highest BCUT2D eigenvalue weighted by atomic mass is 35.5. The number of anilines is 1. The maximum Gasteiger partial charge on any atom is 0.235 e. The van der Waals surface area contributed by atoms with Crippen LogP contribution in [0.1, 0.15) is 30.5 Å². The van der Waals surface area contributed by atoms with E-state index in [9.17, 15) is 4.39 Å². The van der Waals surface area contributed by atoms with E-state index in [-0.39, 0.29) is 23.3 Å². The van der Waals surface area contributed by atoms with Crippen molar-refractivity contribution < 1.29 is 13.5 Å². The van der Waals surface area contributed by atoms with E-state index in [1.165, 1.54) is 12.3 Å². The molecule has 1 aliphatic heterocycles. The second kappa shape index (κ2) is 6.36. The second-order valence-electron chi connectivity index (χ2n) is 4.79. The molecule has 0 aromatic carbocycles. The van der Waals surface area contributed by atoms with E-state index in [1.54, 1.807) is 0 Å². The van der Waals surface area contributed by atoms with E-state index in [0.717, 1.165) is 19.4 Å². The van der Waals surface area contributed by atoms with Crippen LogP contribution < -0.4 is 5.32 Å². The van der Waals surface area contributed by atoms with Gasteiger partial charge in [0.1, 0.15) is 0 Å². The molecule has 112 valence electrons. The zero-order valence-electron chi connectivity index (χ0n) is 11.2. The highest BCUT2D eigenvalue weighted by molar-refractivity contribution is 6.30. The Kier molecular flexibility index (Phi) is 4.31. The number of nitrogens with one attached hydrogen (secondary N) is 1. The number of pyridine rings is 1. The zero-order valence-corrected chi connectivity index (χ0v) is 11.9. The number of aromatic nitrogens is 3. The predicted octanol–water partition coefficient (Wildman–Crippen LogP) is 2.76. The monoisotopic (exact) mass is 312 g/mol. The molecule has 1 fully saturated rings. The van der Waals surface area contributed by atoms with Crippen LogP contribution in [0.25, 0.3) is 0 Å². The van der Waals surface area contributed by atoms with Gasteiger partial charge in [-0.15, -0.1) is 10.2 Å². The molecule has 6 nitrogen and oxygen atoms in total. The highest BCUT2D eigenvalue weighted by Gasteiger charge is 2.21. The summed E-state index contributed by atoms with van der Waals surface area (Å²) in [6.07, 6.45) is 3.33. The summed E-state index contributed by atoms with van der Waals surface area (Å²) < 4.78 is 24.5. The quantitative estimate of drug-likeness (QED) is 0.936. The van der Waals surface area contributed by atoms with Crippen molar-refractivity contribution in [3.63, 3.8) is 0 Å². The first-order valence-corrected chi connectivity index (χ1v) is 7.05. The molecule has 8 heteroatoms. The molecular formula is C13H14ClFN4O2. The number of hydrogen-bond donors (Lipinski definition) is 1. The molecular weight excluding hydrogens is 299 g/mol. The first-order chi connectivity index (χ1) is 10.2. The van der Waals surface area contributed by atoms with Gasteiger partial charge in [-0.3, -0.25) is 0 Å². The summed E-state index contributed by atoms with van der Waals surface area (Å²) in [5.41, 5.74) is 0. The lowest BCUT2D eigenvalue weighted by Gasteiger charge is -2.18. The first-order valence-electron chi connectivity index (χ1n) is 6.67. The van der Waals surface area contributed by atoms with E-state index in [4.69, 9.17) is 20.8 Å². The molecule has 1 N–H and O–H groups in total. The summed E-state index contributed by atoms with van der Waals surface area (Å²) in [6, 6.07) is 1.19. The summed E-state index contributed by atoms with van der Waals surface area (Å²) in [7, 11) is 0. The molecule has 21 heavy (non-hydrogen) atoms. The average Bonchev–Trinajstić information content (AvgIpc) is 2.96. The molecule has 2 aromatic rings. The van der Waals surface area contributed by atoms with Gasteiger partial charge in [0.25, 0.3) is 0 Å². The van der Waals surface area contributed by atoms with Crippen molar-refractivity contribution in [2.24, 2.45) is 0 Å². The SMILES string of the molecule is Fc1cc(Cl)cnc1NCc1nnc(C2CCCOC2)o1. The van der Waals surface area contributed by atoms with Crippen molar-refractivity contribution in [3.8, 4) is 0 Å². The number of halogens is 2. The van der Waals surface area contributed by atoms with Crippen LogP contribution in [0.2, 0.25) is 5.02 Å². The fourth-order valence-corrected chi connectivity index (χ4v) is 2.29. The van der Waals surface area contributed by atoms with Crippen LogP contribution >= 0.6 is 11.6 Å². The fraction of sp³-hybridized carbons (Fsp3) is 0.462. The third kappa shape index (κ3) is 3.48. The molecule has 0 aliphatic carbocycles. The normalized spacial score (nSPS) is 18.7. The Morgan fingerprint density at radius 3 is 3.10 bits per heavy atom. The molecule has 0 radical (unpaired) electrons. The van der Waals surface area contributed by atoms with Gasteiger partial charge < -0.3 is 14.5 Å². The van der Waals surface area contributed by atoms with Crippen molar-refractivity contribution in [2.45, 2.75) is 25.3 Å². The zero-order chi connectivity index (χ0) is 14.7. The summed E-state index contributed by atoms with van der Waals surface area (Å²) in [4.78, 5) is 3.86. The van der Waals surface area contributed by atoms with Gasteiger partial charge in [0.05, 0.1) is 24.1 Å². The summed E-state index contributed by atoms with van der Waals surface area (Å²) >= 11 is 5.64. The van der Waals surface area contributed by atoms with E-state index in [0.29, 0.717) is 18.4 Å². The molecule has 1 saturated heterocycles. The van der Waals surface area contributed by atoms with Gasteiger partial charge in [-0.2, -0.15) is 0 Å². The Morgan fingerprint density at radius 2 is 2.33 bits per heavy atom. The van der Waals surface area contributed by atoms with Crippen LogP contribution in [-0.4, -0.2) is 28.4 Å². The van der Waals surface area contributed by atoms with Crippen molar-refractivity contribution in [2.75, 3.05) is 18.5 Å². The Morgan fingerprint density at radius 1 is 1.43 bits per heavy atom. The van der Waals surface area contributed by atoms with Crippen LogP contribution in [0.3, 0.4) is 0 Å². The van der Waals surface area contributed by atoms with E-state index in [2.05, 4.69) is 20.5 Å². The molecule has 1 unspecified atom stereocenters. The van der Waals surface area contributed by atoms with Crippen LogP contribution in [-0.2, 0) is 11.3 Å². The minimum atomic E-state index is -0.525. The minimum Gasteiger partial charge on any atom is -0.423 e. The molecule has 1 atom stereocenters. The van der Waals surface area contributed by atoms with Gasteiger partial charge in [0, 0.05) is 12.8 Å². The molecule has 0 bridgehead atoms. The molecule has 0 saturated carbocycles. The standard InChI is InChI=1S/C13H14ClFN4O2/c14-9-4-10(15)12(16-5-9)17-6-11-18-19-13(21-11)8-2-1-3-20-7-8/h4-5,8H,1-3,6-7H2,(H,16,17). The Bertz CT molecular complexity index is 616. The Balaban J connectivity index is 1.61. The smallest absolute Gasteiger partial charge is 0.235 e. The second-order valence-corrected chi connectivity index (χ2v) is 5.22. The van der Waals surface area contributed by atoms with Gasteiger partial charge in [0.2, 0.25) is 11.8 Å². The molecule has 0 spiro atoms. The number of hydrogen-bond acceptors (Lipinski definition) is 6. The van der Waals surface area contributed by atoms with E-state index < -0.39 is 5.82 Å². The summed E-state index contributed by atoms with van der Waals surface area (Å²) in [5.74, 6) is 0.663. The van der Waals surface area contributed by atoms with Crippen LogP contribution in [0.4, 0.5) is 10.2 Å². The first kappa shape index (κ1) is 14.2. The molecule has 0 amide bonds. The van der Waals surface area contributed by atoms with Crippen molar-refractivity contribution in [1.29, 1.82) is 0 Å². The van der Waals surface area contributed by atoms with Gasteiger partial charge >= 0.3 is 0 Å². The van der Waals surface area contributed by atoms with Crippen LogP contribution in [0.5, 0.6) is 0 Å². The maximum absolute atomic E-state index is 13.6. The summed E-state index contributed by atoms with van der Waals surface area (Å²) in [5, 5.41) is 11.0. The fourth-order valence-electron chi connectivity index (χ4n) is 2.14. The number of rotatable bonds is 4. The topological polar surface area (TPSA) is 73.1 Å². The molecule has 1 aliphatic rings. The lowest BCUT2D eigenvalue weighted by Crippen LogP contribution is -2.15. The van der Waals surface area contributed by atoms with Gasteiger partial charge in [-0.05, 0) is 18.9 Å². The van der Waals surface area contributed by atoms with Gasteiger partial charge in [-0.1, -0.05) is 11.6 Å². The van der Waals surface area contributed by atoms with Crippen molar-refractivity contribution >= 4 is 17.4 Å². The molecule has 3 rings (SSSR count). The largest absolute Gasteiger partial charge is 0.423 e. The lowest BCUT2D eigenvalue weighted by atomic mass is 10.0. The molecule has 3 heterocycles. The van der Waals surface area contributed by atoms with Gasteiger partial charge in [0.15, 0.2) is 11.6 Å². The Labute approximate surface area is 125 Å². The number of ether oxygens (including phenoxy) is 1. The highest BCUT2D eigenvalue weighted by Crippen LogP contribution is 2.24. The van der Waals surface area contributed by atoms with E-state index >= 15 is 0 Å². The maximum atomic E-state index is 13.6. The molecule has 2 aromatic heterocycles. The Hall–Kier alpha value is -1.73. The minimum absolute atomic E-state index is 0.0974. The van der Waals surface area contributed by atoms with Crippen LogP contribution in [0.15, 0.2) is 16.7 Å². The lowest BCUT2D eigenvalue weighted by molar-refractivity contribution is 0.0722. The number of nitrogens with zero attached hydrogens (tertiary/aromatic N) is 3. The predicted molar refractivity (Wildman–Crippen MR) is 73.6 cm³/mol. The third-order valence-electron chi connectivity index (χ3n) is 3.21. The average molecular weight is 313 g/mol. The third-order valence-corrected chi connectivity index (χ3v) is 3.41. The van der Waals surface area contributed by atoms with Crippen LogP contribution in [0, 0.1) is 5.82 Å². The summed E-state index contributed by atoms with van der Waals surface area (Å²) in [6.45, 7) is 1.58. The van der Waals surface area contributed by atoms with Crippen molar-refractivity contribution in [1.82, 2.24) is 15.2 Å². The van der Waals surface area contributed by atoms with Gasteiger partial charge in [-0.25, -0.2) is 9.37 Å². The van der Waals surface area contributed by atoms with E-state index in [1.807, 2.05) is 0 Å². The van der Waals surface area contributed by atoms with Crippen molar-refractivity contribution in [3.05, 3.63) is 34.9 Å².